The summed E-state index contributed by atoms with van der Waals surface area (Å²) in [5, 5.41) is 3.03. The molecule has 1 aromatic carbocycles. The minimum absolute atomic E-state index is 0.0165. The summed E-state index contributed by atoms with van der Waals surface area (Å²) in [6, 6.07) is 6.40. The zero-order chi connectivity index (χ0) is 13.1. The fraction of sp³-hybridized carbons (Fsp3) is 0.533. The van der Waals surface area contributed by atoms with Crippen molar-refractivity contribution in [2.24, 2.45) is 0 Å². The highest BCUT2D eigenvalue weighted by Gasteiger charge is 2.21. The van der Waals surface area contributed by atoms with Crippen LogP contribution in [0.4, 0.5) is 0 Å². The first kappa shape index (κ1) is 12.9. The first-order valence-electron chi connectivity index (χ1n) is 6.61. The minimum atomic E-state index is 0.0165. The first-order chi connectivity index (χ1) is 8.58. The monoisotopic (exact) mass is 247 g/mol. The van der Waals surface area contributed by atoms with Crippen molar-refractivity contribution in [2.45, 2.75) is 45.6 Å². The standard InChI is InChI=1S/C15H21NO2/c1-10(2)12-6-7-15-13(9-12)14(16-11(3)17)5-4-8-18-15/h6-7,9-10,14H,4-5,8H2,1-3H3,(H,16,17). The third-order valence-electron chi connectivity index (χ3n) is 3.35. The van der Waals surface area contributed by atoms with Gasteiger partial charge in [0.25, 0.3) is 0 Å². The molecule has 0 radical (unpaired) electrons. The van der Waals surface area contributed by atoms with E-state index in [-0.39, 0.29) is 11.9 Å². The number of rotatable bonds is 2. The number of hydrogen-bond donors (Lipinski definition) is 1. The van der Waals surface area contributed by atoms with E-state index in [1.165, 1.54) is 5.56 Å². The summed E-state index contributed by atoms with van der Waals surface area (Å²) in [5.74, 6) is 1.41. The van der Waals surface area contributed by atoms with Crippen LogP contribution < -0.4 is 10.1 Å². The quantitative estimate of drug-likeness (QED) is 0.871. The Hall–Kier alpha value is -1.51. The van der Waals surface area contributed by atoms with E-state index >= 15 is 0 Å². The second-order valence-corrected chi connectivity index (χ2v) is 5.20. The van der Waals surface area contributed by atoms with E-state index in [2.05, 4.69) is 31.3 Å². The van der Waals surface area contributed by atoms with Gasteiger partial charge in [0.15, 0.2) is 0 Å². The average Bonchev–Trinajstić information content (AvgIpc) is 2.50. The van der Waals surface area contributed by atoms with Crippen LogP contribution in [0.15, 0.2) is 18.2 Å². The summed E-state index contributed by atoms with van der Waals surface area (Å²) in [5.41, 5.74) is 2.41. The fourth-order valence-corrected chi connectivity index (χ4v) is 2.35. The van der Waals surface area contributed by atoms with Gasteiger partial charge in [-0.05, 0) is 36.5 Å². The van der Waals surface area contributed by atoms with Crippen molar-refractivity contribution < 1.29 is 9.53 Å². The van der Waals surface area contributed by atoms with E-state index in [0.29, 0.717) is 5.92 Å². The van der Waals surface area contributed by atoms with Gasteiger partial charge in [0.05, 0.1) is 12.6 Å². The lowest BCUT2D eigenvalue weighted by Crippen LogP contribution is -2.25. The normalized spacial score (nSPS) is 18.8. The lowest BCUT2D eigenvalue weighted by atomic mass is 9.95. The molecule has 0 aromatic heterocycles. The predicted molar refractivity (Wildman–Crippen MR) is 71.8 cm³/mol. The zero-order valence-electron chi connectivity index (χ0n) is 11.3. The molecule has 2 rings (SSSR count). The van der Waals surface area contributed by atoms with E-state index in [1.54, 1.807) is 6.92 Å². The Morgan fingerprint density at radius 3 is 2.89 bits per heavy atom. The molecular weight excluding hydrogens is 226 g/mol. The molecule has 1 aromatic rings. The van der Waals surface area contributed by atoms with Crippen LogP contribution in [0.3, 0.4) is 0 Å². The van der Waals surface area contributed by atoms with Gasteiger partial charge < -0.3 is 10.1 Å². The number of carbonyl (C=O) groups excluding carboxylic acids is 1. The Kier molecular flexibility index (Phi) is 3.90. The Labute approximate surface area is 109 Å². The fourth-order valence-electron chi connectivity index (χ4n) is 2.35. The highest BCUT2D eigenvalue weighted by molar-refractivity contribution is 5.73. The third-order valence-corrected chi connectivity index (χ3v) is 3.35. The van der Waals surface area contributed by atoms with Gasteiger partial charge in [0, 0.05) is 12.5 Å². The Bertz CT molecular complexity index is 440. The number of ether oxygens (including phenoxy) is 1. The number of hydrogen-bond acceptors (Lipinski definition) is 2. The van der Waals surface area contributed by atoms with Crippen LogP contribution in [0.2, 0.25) is 0 Å². The molecule has 1 aliphatic heterocycles. The minimum Gasteiger partial charge on any atom is -0.493 e. The number of fused-ring (bicyclic) bond motifs is 1. The van der Waals surface area contributed by atoms with Crippen LogP contribution in [-0.4, -0.2) is 12.5 Å². The molecule has 1 amide bonds. The molecule has 1 atom stereocenters. The van der Waals surface area contributed by atoms with Gasteiger partial charge in [-0.15, -0.1) is 0 Å². The highest BCUT2D eigenvalue weighted by atomic mass is 16.5. The maximum Gasteiger partial charge on any atom is 0.217 e. The van der Waals surface area contributed by atoms with Crippen molar-refractivity contribution in [3.8, 4) is 5.75 Å². The summed E-state index contributed by atoms with van der Waals surface area (Å²) in [6.45, 7) is 6.64. The van der Waals surface area contributed by atoms with Crippen molar-refractivity contribution in [3.63, 3.8) is 0 Å². The summed E-state index contributed by atoms with van der Waals surface area (Å²) >= 11 is 0. The third kappa shape index (κ3) is 2.84. The van der Waals surface area contributed by atoms with Crippen LogP contribution in [-0.2, 0) is 4.79 Å². The van der Waals surface area contributed by atoms with Gasteiger partial charge in [-0.25, -0.2) is 0 Å². The Morgan fingerprint density at radius 2 is 2.22 bits per heavy atom. The van der Waals surface area contributed by atoms with Crippen LogP contribution in [0.25, 0.3) is 0 Å². The molecule has 0 fully saturated rings. The lowest BCUT2D eigenvalue weighted by molar-refractivity contribution is -0.119. The molecule has 0 spiro atoms. The molecule has 3 heteroatoms. The van der Waals surface area contributed by atoms with Gasteiger partial charge in [0.1, 0.15) is 5.75 Å². The van der Waals surface area contributed by atoms with Gasteiger partial charge >= 0.3 is 0 Å². The number of nitrogens with one attached hydrogen (secondary N) is 1. The van der Waals surface area contributed by atoms with Crippen molar-refractivity contribution in [1.82, 2.24) is 5.32 Å². The van der Waals surface area contributed by atoms with E-state index in [1.807, 2.05) is 6.07 Å². The summed E-state index contributed by atoms with van der Waals surface area (Å²) < 4.78 is 5.74. The number of amides is 1. The van der Waals surface area contributed by atoms with Crippen molar-refractivity contribution >= 4 is 5.91 Å². The van der Waals surface area contributed by atoms with Crippen LogP contribution in [0.1, 0.15) is 56.7 Å². The summed E-state index contributed by atoms with van der Waals surface area (Å²) in [7, 11) is 0. The molecular formula is C15H21NO2. The maximum absolute atomic E-state index is 11.3. The molecule has 0 aliphatic carbocycles. The topological polar surface area (TPSA) is 38.3 Å². The van der Waals surface area contributed by atoms with Crippen LogP contribution >= 0.6 is 0 Å². The molecule has 1 aliphatic rings. The van der Waals surface area contributed by atoms with E-state index in [0.717, 1.165) is 30.8 Å². The summed E-state index contributed by atoms with van der Waals surface area (Å²) in [4.78, 5) is 11.3. The Morgan fingerprint density at radius 1 is 1.44 bits per heavy atom. The molecule has 1 unspecified atom stereocenters. The van der Waals surface area contributed by atoms with Gasteiger partial charge in [0.2, 0.25) is 5.91 Å². The number of benzene rings is 1. The van der Waals surface area contributed by atoms with Crippen molar-refractivity contribution in [1.29, 1.82) is 0 Å². The smallest absolute Gasteiger partial charge is 0.217 e. The Balaban J connectivity index is 2.37. The van der Waals surface area contributed by atoms with Crippen LogP contribution in [0, 0.1) is 0 Å². The molecule has 18 heavy (non-hydrogen) atoms. The molecule has 98 valence electrons. The van der Waals surface area contributed by atoms with E-state index in [4.69, 9.17) is 4.74 Å². The van der Waals surface area contributed by atoms with Gasteiger partial charge in [-0.3, -0.25) is 4.79 Å². The molecule has 0 saturated heterocycles. The molecule has 1 heterocycles. The molecule has 0 bridgehead atoms. The first-order valence-corrected chi connectivity index (χ1v) is 6.61. The van der Waals surface area contributed by atoms with Crippen molar-refractivity contribution in [2.75, 3.05) is 6.61 Å². The molecule has 0 saturated carbocycles. The van der Waals surface area contributed by atoms with E-state index in [9.17, 15) is 4.79 Å². The highest BCUT2D eigenvalue weighted by Crippen LogP contribution is 2.33. The summed E-state index contributed by atoms with van der Waals surface area (Å²) in [6.07, 6.45) is 1.91. The molecule has 1 N–H and O–H groups in total. The number of carbonyl (C=O) groups is 1. The lowest BCUT2D eigenvalue weighted by Gasteiger charge is -2.19. The second-order valence-electron chi connectivity index (χ2n) is 5.20. The maximum atomic E-state index is 11.3. The van der Waals surface area contributed by atoms with Crippen molar-refractivity contribution in [3.05, 3.63) is 29.3 Å². The van der Waals surface area contributed by atoms with Gasteiger partial charge in [-0.1, -0.05) is 19.9 Å². The second kappa shape index (κ2) is 5.42. The largest absolute Gasteiger partial charge is 0.493 e. The SMILES string of the molecule is CC(=O)NC1CCCOc2ccc(C(C)C)cc21. The average molecular weight is 247 g/mol. The van der Waals surface area contributed by atoms with Gasteiger partial charge in [-0.2, -0.15) is 0 Å². The predicted octanol–water partition coefficient (Wildman–Crippen LogP) is 3.16. The zero-order valence-corrected chi connectivity index (χ0v) is 11.3. The molecule has 3 nitrogen and oxygen atoms in total. The van der Waals surface area contributed by atoms with Crippen LogP contribution in [0.5, 0.6) is 5.75 Å². The van der Waals surface area contributed by atoms with E-state index < -0.39 is 0 Å².